The summed E-state index contributed by atoms with van der Waals surface area (Å²) in [5, 5.41) is 2.37. The second kappa shape index (κ2) is 3.72. The molecule has 0 aliphatic carbocycles. The predicted molar refractivity (Wildman–Crippen MR) is 36.5 cm³/mol. The molecule has 3 nitrogen and oxygen atoms in total. The van der Waals surface area contributed by atoms with Gasteiger partial charge in [-0.2, -0.15) is 0 Å². The van der Waals surface area contributed by atoms with Crippen LogP contribution in [-0.4, -0.2) is 13.0 Å². The highest BCUT2D eigenvalue weighted by atomic mass is 16.1. The second-order valence-corrected chi connectivity index (χ2v) is 1.44. The van der Waals surface area contributed by atoms with Gasteiger partial charge in [0.1, 0.15) is 0 Å². The van der Waals surface area contributed by atoms with Crippen LogP contribution in [0.25, 0.3) is 0 Å². The van der Waals surface area contributed by atoms with Gasteiger partial charge in [-0.05, 0) is 6.08 Å². The van der Waals surface area contributed by atoms with E-state index in [-0.39, 0.29) is 11.6 Å². The molecule has 0 fully saturated rings. The lowest BCUT2D eigenvalue weighted by Gasteiger charge is -1.95. The molecule has 0 saturated carbocycles. The van der Waals surface area contributed by atoms with Crippen molar-refractivity contribution in [2.24, 2.45) is 5.73 Å². The summed E-state index contributed by atoms with van der Waals surface area (Å²) in [4.78, 5) is 10.5. The molecule has 0 rings (SSSR count). The van der Waals surface area contributed by atoms with E-state index < -0.39 is 0 Å². The van der Waals surface area contributed by atoms with E-state index in [4.69, 9.17) is 5.73 Å². The van der Waals surface area contributed by atoms with Crippen LogP contribution in [0, 0.1) is 0 Å². The highest BCUT2D eigenvalue weighted by Gasteiger charge is 1.96. The van der Waals surface area contributed by atoms with Gasteiger partial charge in [0.05, 0.1) is 5.70 Å². The maximum absolute atomic E-state index is 10.5. The SMILES string of the molecule is C=C/C=C(/N)C(=O)NC. The summed E-state index contributed by atoms with van der Waals surface area (Å²) in [6, 6.07) is 0. The molecule has 3 N–H and O–H groups in total. The second-order valence-electron chi connectivity index (χ2n) is 1.44. The normalized spacial score (nSPS) is 10.6. The summed E-state index contributed by atoms with van der Waals surface area (Å²) in [6.45, 7) is 3.38. The van der Waals surface area contributed by atoms with Crippen LogP contribution in [-0.2, 0) is 4.79 Å². The van der Waals surface area contributed by atoms with Crippen molar-refractivity contribution >= 4 is 5.91 Å². The number of amides is 1. The third-order valence-corrected chi connectivity index (χ3v) is 0.787. The van der Waals surface area contributed by atoms with Crippen molar-refractivity contribution in [1.82, 2.24) is 5.32 Å². The molecule has 0 aromatic heterocycles. The number of carbonyl (C=O) groups is 1. The third kappa shape index (κ3) is 2.54. The van der Waals surface area contributed by atoms with Crippen molar-refractivity contribution in [3.63, 3.8) is 0 Å². The number of allylic oxidation sites excluding steroid dienone is 2. The maximum atomic E-state index is 10.5. The Morgan fingerprint density at radius 3 is 2.67 bits per heavy atom. The Kier molecular flexibility index (Phi) is 3.20. The number of likely N-dealkylation sites (N-methyl/N-ethyl adjacent to an activating group) is 1. The van der Waals surface area contributed by atoms with Crippen LogP contribution in [0.4, 0.5) is 0 Å². The van der Waals surface area contributed by atoms with Crippen LogP contribution in [0.3, 0.4) is 0 Å². The lowest BCUT2D eigenvalue weighted by molar-refractivity contribution is -0.117. The van der Waals surface area contributed by atoms with Crippen molar-refractivity contribution in [3.8, 4) is 0 Å². The van der Waals surface area contributed by atoms with E-state index in [1.54, 1.807) is 0 Å². The van der Waals surface area contributed by atoms with Gasteiger partial charge in [0.2, 0.25) is 0 Å². The molecule has 0 spiro atoms. The minimum atomic E-state index is -0.282. The highest BCUT2D eigenvalue weighted by molar-refractivity contribution is 5.92. The van der Waals surface area contributed by atoms with Crippen molar-refractivity contribution in [3.05, 3.63) is 24.4 Å². The first-order valence-corrected chi connectivity index (χ1v) is 2.52. The number of nitrogens with two attached hydrogens (primary N) is 1. The molecular formula is C6H10N2O. The van der Waals surface area contributed by atoms with Gasteiger partial charge >= 0.3 is 0 Å². The zero-order valence-corrected chi connectivity index (χ0v) is 5.35. The molecular weight excluding hydrogens is 116 g/mol. The minimum Gasteiger partial charge on any atom is -0.394 e. The van der Waals surface area contributed by atoms with E-state index >= 15 is 0 Å². The largest absolute Gasteiger partial charge is 0.394 e. The number of carbonyl (C=O) groups excluding carboxylic acids is 1. The van der Waals surface area contributed by atoms with Gasteiger partial charge in [-0.3, -0.25) is 4.79 Å². The number of hydrogen-bond donors (Lipinski definition) is 2. The molecule has 0 radical (unpaired) electrons. The minimum absolute atomic E-state index is 0.174. The lowest BCUT2D eigenvalue weighted by atomic mass is 10.4. The quantitative estimate of drug-likeness (QED) is 0.396. The standard InChI is InChI=1S/C6H10N2O/c1-3-4-5(7)6(9)8-2/h3-4H,1,7H2,2H3,(H,8,9)/b5-4+. The van der Waals surface area contributed by atoms with Gasteiger partial charge < -0.3 is 11.1 Å². The predicted octanol–water partition coefficient (Wildman–Crippen LogP) is -0.239. The van der Waals surface area contributed by atoms with Crippen molar-refractivity contribution in [1.29, 1.82) is 0 Å². The van der Waals surface area contributed by atoms with E-state index in [9.17, 15) is 4.79 Å². The first kappa shape index (κ1) is 7.75. The highest BCUT2D eigenvalue weighted by Crippen LogP contribution is 1.81. The van der Waals surface area contributed by atoms with Crippen LogP contribution in [0.5, 0.6) is 0 Å². The summed E-state index contributed by atoms with van der Waals surface area (Å²) >= 11 is 0. The monoisotopic (exact) mass is 126 g/mol. The smallest absolute Gasteiger partial charge is 0.266 e. The maximum Gasteiger partial charge on any atom is 0.266 e. The Balaban J connectivity index is 4.01. The van der Waals surface area contributed by atoms with Crippen molar-refractivity contribution < 1.29 is 4.79 Å². The van der Waals surface area contributed by atoms with Gasteiger partial charge in [0.25, 0.3) is 5.91 Å². The number of rotatable bonds is 2. The molecule has 0 heterocycles. The molecule has 1 amide bonds. The van der Waals surface area contributed by atoms with Crippen LogP contribution in [0.2, 0.25) is 0 Å². The average Bonchev–Trinajstić information content (AvgIpc) is 1.87. The Bertz CT molecular complexity index is 149. The Morgan fingerprint density at radius 2 is 2.33 bits per heavy atom. The fourth-order valence-electron chi connectivity index (χ4n) is 0.347. The van der Waals surface area contributed by atoms with E-state index in [0.29, 0.717) is 0 Å². The van der Waals surface area contributed by atoms with Crippen molar-refractivity contribution in [2.75, 3.05) is 7.05 Å². The molecule has 0 aliphatic heterocycles. The fraction of sp³-hybridized carbons (Fsp3) is 0.167. The molecule has 0 aromatic carbocycles. The Morgan fingerprint density at radius 1 is 1.78 bits per heavy atom. The molecule has 0 bridgehead atoms. The number of nitrogens with one attached hydrogen (secondary N) is 1. The van der Waals surface area contributed by atoms with Gasteiger partial charge in [-0.25, -0.2) is 0 Å². The van der Waals surface area contributed by atoms with Crippen LogP contribution in [0.1, 0.15) is 0 Å². The van der Waals surface area contributed by atoms with Crippen molar-refractivity contribution in [2.45, 2.75) is 0 Å². The van der Waals surface area contributed by atoms with Crippen LogP contribution < -0.4 is 11.1 Å². The van der Waals surface area contributed by atoms with Gasteiger partial charge in [0, 0.05) is 7.05 Å². The molecule has 0 saturated heterocycles. The zero-order valence-electron chi connectivity index (χ0n) is 5.35. The molecule has 0 atom stereocenters. The lowest BCUT2D eigenvalue weighted by Crippen LogP contribution is -2.24. The van der Waals surface area contributed by atoms with Gasteiger partial charge in [0.15, 0.2) is 0 Å². The molecule has 0 unspecified atom stereocenters. The van der Waals surface area contributed by atoms with Crippen LogP contribution in [0.15, 0.2) is 24.4 Å². The van der Waals surface area contributed by atoms with E-state index in [0.717, 1.165) is 0 Å². The molecule has 50 valence electrons. The fourth-order valence-corrected chi connectivity index (χ4v) is 0.347. The van der Waals surface area contributed by atoms with E-state index in [1.807, 2.05) is 0 Å². The van der Waals surface area contributed by atoms with E-state index in [2.05, 4.69) is 11.9 Å². The number of hydrogen-bond acceptors (Lipinski definition) is 2. The topological polar surface area (TPSA) is 55.1 Å². The summed E-state index contributed by atoms with van der Waals surface area (Å²) in [5.41, 5.74) is 5.39. The molecule has 0 aromatic rings. The Hall–Kier alpha value is -1.25. The molecule has 9 heavy (non-hydrogen) atoms. The van der Waals surface area contributed by atoms with Gasteiger partial charge in [-0.1, -0.05) is 12.7 Å². The summed E-state index contributed by atoms with van der Waals surface area (Å²) in [6.07, 6.45) is 2.91. The Labute approximate surface area is 54.2 Å². The van der Waals surface area contributed by atoms with E-state index in [1.165, 1.54) is 19.2 Å². The molecule has 3 heteroatoms. The molecule has 0 aliphatic rings. The first-order valence-electron chi connectivity index (χ1n) is 2.52. The van der Waals surface area contributed by atoms with Gasteiger partial charge in [-0.15, -0.1) is 0 Å². The summed E-state index contributed by atoms with van der Waals surface area (Å²) in [7, 11) is 1.52. The first-order chi connectivity index (χ1) is 4.22. The third-order valence-electron chi connectivity index (χ3n) is 0.787. The zero-order chi connectivity index (χ0) is 7.28. The summed E-state index contributed by atoms with van der Waals surface area (Å²) < 4.78 is 0. The summed E-state index contributed by atoms with van der Waals surface area (Å²) in [5.74, 6) is -0.282. The van der Waals surface area contributed by atoms with Crippen LogP contribution >= 0.6 is 0 Å². The average molecular weight is 126 g/mol.